The van der Waals surface area contributed by atoms with E-state index in [-0.39, 0.29) is 0 Å². The summed E-state index contributed by atoms with van der Waals surface area (Å²) >= 11 is 0. The number of hydrogen-bond acceptors (Lipinski definition) is 2. The van der Waals surface area contributed by atoms with Crippen molar-refractivity contribution in [3.8, 4) is 0 Å². The average molecular weight is 152 g/mol. The maximum atomic E-state index is 10.5. The van der Waals surface area contributed by atoms with E-state index in [4.69, 9.17) is 5.73 Å². The highest BCUT2D eigenvalue weighted by atomic mass is 16.5. The van der Waals surface area contributed by atoms with Gasteiger partial charge in [0.1, 0.15) is 0 Å². The second-order valence-electron chi connectivity index (χ2n) is 2.70. The Bertz CT molecular complexity index is 271. The van der Waals surface area contributed by atoms with Gasteiger partial charge in [-0.05, 0) is 25.0 Å². The first kappa shape index (κ1) is 8.04. The van der Waals surface area contributed by atoms with Crippen molar-refractivity contribution in [2.75, 3.05) is 5.73 Å². The molecular weight excluding hydrogens is 140 g/mol. The van der Waals surface area contributed by atoms with Crippen molar-refractivity contribution in [2.45, 2.75) is 13.8 Å². The maximum Gasteiger partial charge on any atom is 0.153 e. The number of nitrogens with two attached hydrogens (primary N) is 2. The van der Waals surface area contributed by atoms with Gasteiger partial charge in [-0.15, -0.1) is 0 Å². The van der Waals surface area contributed by atoms with Crippen LogP contribution in [0.4, 0.5) is 11.4 Å². The Morgan fingerprint density at radius 3 is 2.55 bits per heavy atom. The van der Waals surface area contributed by atoms with Gasteiger partial charge < -0.3 is 16.4 Å². The van der Waals surface area contributed by atoms with Gasteiger partial charge in [0.2, 0.25) is 0 Å². The summed E-state index contributed by atoms with van der Waals surface area (Å²) in [5, 5.41) is 10.5. The van der Waals surface area contributed by atoms with Gasteiger partial charge >= 0.3 is 0 Å². The number of aryl methyl sites for hydroxylation is 2. The molecule has 3 nitrogen and oxygen atoms in total. The minimum Gasteiger partial charge on any atom is -0.630 e. The van der Waals surface area contributed by atoms with E-state index in [9.17, 15) is 5.21 Å². The third kappa shape index (κ3) is 1.50. The minimum atomic E-state index is 0.586. The minimum absolute atomic E-state index is 0.586. The number of nitrogen functional groups attached to an aromatic ring is 1. The van der Waals surface area contributed by atoms with Crippen LogP contribution in [0.5, 0.6) is 0 Å². The summed E-state index contributed by atoms with van der Waals surface area (Å²) < 4.78 is 0. The van der Waals surface area contributed by atoms with Gasteiger partial charge in [0, 0.05) is 6.07 Å². The van der Waals surface area contributed by atoms with Crippen LogP contribution in [0.1, 0.15) is 11.1 Å². The summed E-state index contributed by atoms with van der Waals surface area (Å²) in [6, 6.07) is 3.75. The molecule has 0 atom stereocenters. The average Bonchev–Trinajstić information content (AvgIpc) is 1.96. The van der Waals surface area contributed by atoms with Crippen LogP contribution in [0.25, 0.3) is 0 Å². The van der Waals surface area contributed by atoms with Crippen molar-refractivity contribution in [2.24, 2.45) is 0 Å². The predicted octanol–water partition coefficient (Wildman–Crippen LogP) is 0.578. The van der Waals surface area contributed by atoms with E-state index in [0.29, 0.717) is 11.4 Å². The molecule has 11 heavy (non-hydrogen) atoms. The zero-order chi connectivity index (χ0) is 8.43. The molecule has 0 aliphatic rings. The molecule has 4 N–H and O–H groups in total. The quantitative estimate of drug-likeness (QED) is 0.456. The third-order valence-corrected chi connectivity index (χ3v) is 1.69. The lowest BCUT2D eigenvalue weighted by atomic mass is 10.1. The molecule has 0 bridgehead atoms. The lowest BCUT2D eigenvalue weighted by Crippen LogP contribution is -2.70. The molecule has 0 heterocycles. The molecule has 3 heteroatoms. The van der Waals surface area contributed by atoms with Gasteiger partial charge in [-0.25, -0.2) is 0 Å². The van der Waals surface area contributed by atoms with Crippen molar-refractivity contribution in [3.05, 3.63) is 28.5 Å². The highest BCUT2D eigenvalue weighted by molar-refractivity contribution is 5.63. The Balaban J connectivity index is 3.24. The Morgan fingerprint density at radius 1 is 1.36 bits per heavy atom. The van der Waals surface area contributed by atoms with Crippen LogP contribution in [0.15, 0.2) is 12.1 Å². The second kappa shape index (κ2) is 2.90. The van der Waals surface area contributed by atoms with Crippen LogP contribution in [0.3, 0.4) is 0 Å². The maximum absolute atomic E-state index is 10.5. The molecular formula is C8H12N2O. The standard InChI is InChI=1S/C8H12N2O/c1-5-3-6(2)8(9)7(4-5)10-11/h3-4H,9-10H2,1-2H3. The Labute approximate surface area is 65.8 Å². The van der Waals surface area contributed by atoms with E-state index in [2.05, 4.69) is 0 Å². The van der Waals surface area contributed by atoms with Gasteiger partial charge in [-0.1, -0.05) is 6.07 Å². The first-order valence-electron chi connectivity index (χ1n) is 3.47. The topological polar surface area (TPSA) is 65.7 Å². The van der Waals surface area contributed by atoms with Crippen molar-refractivity contribution in [3.63, 3.8) is 0 Å². The Kier molecular flexibility index (Phi) is 2.12. The molecule has 0 amide bonds. The molecule has 0 aliphatic heterocycles. The van der Waals surface area contributed by atoms with Crippen LogP contribution < -0.4 is 11.2 Å². The zero-order valence-electron chi connectivity index (χ0n) is 6.72. The summed E-state index contributed by atoms with van der Waals surface area (Å²) in [5.74, 6) is 0. The van der Waals surface area contributed by atoms with Crippen LogP contribution >= 0.6 is 0 Å². The lowest BCUT2D eigenvalue weighted by Gasteiger charge is -2.08. The summed E-state index contributed by atoms with van der Waals surface area (Å²) in [6.07, 6.45) is 0. The number of quaternary nitrogens is 1. The fourth-order valence-electron chi connectivity index (χ4n) is 1.11. The molecule has 0 aromatic heterocycles. The summed E-state index contributed by atoms with van der Waals surface area (Å²) in [5.41, 5.74) is 9.63. The molecule has 0 fully saturated rings. The first-order chi connectivity index (χ1) is 5.15. The smallest absolute Gasteiger partial charge is 0.153 e. The van der Waals surface area contributed by atoms with Gasteiger partial charge in [-0.2, -0.15) is 0 Å². The van der Waals surface area contributed by atoms with E-state index < -0.39 is 0 Å². The Hall–Kier alpha value is -1.06. The van der Waals surface area contributed by atoms with E-state index in [1.54, 1.807) is 6.07 Å². The van der Waals surface area contributed by atoms with E-state index in [1.807, 2.05) is 19.9 Å². The second-order valence-corrected chi connectivity index (χ2v) is 2.70. The number of hydrogen-bond donors (Lipinski definition) is 2. The van der Waals surface area contributed by atoms with Crippen LogP contribution in [0, 0.1) is 19.1 Å². The van der Waals surface area contributed by atoms with E-state index in [0.717, 1.165) is 16.6 Å². The van der Waals surface area contributed by atoms with Gasteiger partial charge in [-0.3, -0.25) is 0 Å². The van der Waals surface area contributed by atoms with E-state index >= 15 is 0 Å². The van der Waals surface area contributed by atoms with E-state index in [1.165, 1.54) is 0 Å². The lowest BCUT2D eigenvalue weighted by molar-refractivity contribution is -0.496. The summed E-state index contributed by atoms with van der Waals surface area (Å²) in [6.45, 7) is 3.84. The molecule has 0 saturated carbocycles. The fourth-order valence-corrected chi connectivity index (χ4v) is 1.11. The molecule has 0 aliphatic carbocycles. The Morgan fingerprint density at radius 2 is 2.00 bits per heavy atom. The molecule has 0 unspecified atom stereocenters. The fraction of sp³-hybridized carbons (Fsp3) is 0.250. The number of rotatable bonds is 1. The molecule has 60 valence electrons. The van der Waals surface area contributed by atoms with Crippen molar-refractivity contribution in [1.29, 1.82) is 0 Å². The van der Waals surface area contributed by atoms with Gasteiger partial charge in [0.25, 0.3) is 0 Å². The molecule has 1 aromatic carbocycles. The van der Waals surface area contributed by atoms with Crippen LogP contribution in [0.2, 0.25) is 0 Å². The first-order valence-corrected chi connectivity index (χ1v) is 3.47. The zero-order valence-corrected chi connectivity index (χ0v) is 6.72. The highest BCUT2D eigenvalue weighted by Crippen LogP contribution is 2.19. The number of benzene rings is 1. The SMILES string of the molecule is Cc1cc(C)c(N)c([NH2+][O-])c1. The largest absolute Gasteiger partial charge is 0.630 e. The monoisotopic (exact) mass is 152 g/mol. The summed E-state index contributed by atoms with van der Waals surface area (Å²) in [4.78, 5) is 0. The van der Waals surface area contributed by atoms with Crippen molar-refractivity contribution in [1.82, 2.24) is 0 Å². The normalized spacial score (nSPS) is 10.1. The van der Waals surface area contributed by atoms with Crippen molar-refractivity contribution >= 4 is 11.4 Å². The predicted molar refractivity (Wildman–Crippen MR) is 45.3 cm³/mol. The number of anilines is 1. The molecule has 0 saturated heterocycles. The highest BCUT2D eigenvalue weighted by Gasteiger charge is 2.02. The summed E-state index contributed by atoms with van der Waals surface area (Å²) in [7, 11) is 0. The van der Waals surface area contributed by atoms with Crippen LogP contribution in [-0.4, -0.2) is 0 Å². The van der Waals surface area contributed by atoms with Gasteiger partial charge in [0.05, 0.1) is 5.69 Å². The van der Waals surface area contributed by atoms with Crippen LogP contribution in [-0.2, 0) is 0 Å². The molecule has 0 radical (unpaired) electrons. The van der Waals surface area contributed by atoms with Gasteiger partial charge in [0.15, 0.2) is 5.69 Å². The molecule has 0 spiro atoms. The van der Waals surface area contributed by atoms with Crippen molar-refractivity contribution < 1.29 is 5.48 Å². The molecule has 1 rings (SSSR count). The third-order valence-electron chi connectivity index (χ3n) is 1.69. The molecule has 1 aromatic rings.